The van der Waals surface area contributed by atoms with Gasteiger partial charge in [-0.15, -0.1) is 0 Å². The molecule has 7 heteroatoms. The molecule has 0 aliphatic carbocycles. The van der Waals surface area contributed by atoms with E-state index >= 15 is 0 Å². The number of benzene rings is 3. The first-order valence-corrected chi connectivity index (χ1v) is 13.4. The average Bonchev–Trinajstić information content (AvgIpc) is 2.93. The summed E-state index contributed by atoms with van der Waals surface area (Å²) in [5, 5.41) is 3.69. The van der Waals surface area contributed by atoms with Crippen molar-refractivity contribution < 1.29 is 19.1 Å². The van der Waals surface area contributed by atoms with Gasteiger partial charge in [0.15, 0.2) is 0 Å². The quantitative estimate of drug-likeness (QED) is 0.260. The predicted molar refractivity (Wildman–Crippen MR) is 152 cm³/mol. The topological polar surface area (TPSA) is 67.9 Å². The molecule has 0 spiro atoms. The van der Waals surface area contributed by atoms with E-state index in [2.05, 4.69) is 5.32 Å². The highest BCUT2D eigenvalue weighted by atomic mass is 35.5. The number of nitrogens with zero attached hydrogens (tertiary/aromatic N) is 1. The number of halogens is 1. The van der Waals surface area contributed by atoms with Crippen LogP contribution >= 0.6 is 11.6 Å². The van der Waals surface area contributed by atoms with E-state index in [-0.39, 0.29) is 18.2 Å². The van der Waals surface area contributed by atoms with Crippen molar-refractivity contribution in [3.8, 4) is 11.5 Å². The van der Waals surface area contributed by atoms with Crippen molar-refractivity contribution in [2.45, 2.75) is 45.7 Å². The molecule has 3 rings (SSSR count). The SMILES string of the molecule is COc1cccc(CN(C(=O)CCCOc2ccc(Cl)cc2)C(Cc2ccccc2)C(=O)NCC(C)C)c1. The number of ether oxygens (including phenoxy) is 2. The Kier molecular flexibility index (Phi) is 11.5. The predicted octanol–water partition coefficient (Wildman–Crippen LogP) is 5.92. The molecule has 0 aliphatic rings. The molecular formula is C31H37ClN2O4. The monoisotopic (exact) mass is 536 g/mol. The van der Waals surface area contributed by atoms with Crippen molar-refractivity contribution in [2.75, 3.05) is 20.3 Å². The van der Waals surface area contributed by atoms with Gasteiger partial charge in [-0.1, -0.05) is 67.9 Å². The van der Waals surface area contributed by atoms with Crippen molar-refractivity contribution in [1.29, 1.82) is 0 Å². The Labute approximate surface area is 230 Å². The van der Waals surface area contributed by atoms with Gasteiger partial charge in [0.25, 0.3) is 0 Å². The Morgan fingerprint density at radius 2 is 1.63 bits per heavy atom. The summed E-state index contributed by atoms with van der Waals surface area (Å²) in [4.78, 5) is 28.9. The van der Waals surface area contributed by atoms with Gasteiger partial charge in [0.1, 0.15) is 17.5 Å². The summed E-state index contributed by atoms with van der Waals surface area (Å²) < 4.78 is 11.2. The van der Waals surface area contributed by atoms with Gasteiger partial charge in [0, 0.05) is 31.0 Å². The molecule has 2 amide bonds. The zero-order chi connectivity index (χ0) is 27.3. The summed E-state index contributed by atoms with van der Waals surface area (Å²) in [5.41, 5.74) is 1.89. The molecule has 6 nitrogen and oxygen atoms in total. The minimum Gasteiger partial charge on any atom is -0.497 e. The Hall–Kier alpha value is -3.51. The molecule has 1 atom stereocenters. The van der Waals surface area contributed by atoms with E-state index < -0.39 is 6.04 Å². The maximum atomic E-state index is 13.7. The lowest BCUT2D eigenvalue weighted by Gasteiger charge is -2.32. The van der Waals surface area contributed by atoms with Crippen molar-refractivity contribution in [2.24, 2.45) is 5.92 Å². The third-order valence-corrected chi connectivity index (χ3v) is 6.31. The molecule has 3 aromatic rings. The zero-order valence-electron chi connectivity index (χ0n) is 22.4. The fraction of sp³-hybridized carbons (Fsp3) is 0.355. The molecule has 0 saturated carbocycles. The van der Waals surface area contributed by atoms with Crippen LogP contribution in [0.15, 0.2) is 78.9 Å². The molecule has 202 valence electrons. The lowest BCUT2D eigenvalue weighted by molar-refractivity contribution is -0.141. The van der Waals surface area contributed by atoms with Crippen molar-refractivity contribution in [1.82, 2.24) is 10.2 Å². The van der Waals surface area contributed by atoms with E-state index in [1.54, 1.807) is 36.3 Å². The van der Waals surface area contributed by atoms with E-state index in [0.717, 1.165) is 11.1 Å². The maximum absolute atomic E-state index is 13.7. The van der Waals surface area contributed by atoms with E-state index in [4.69, 9.17) is 21.1 Å². The van der Waals surface area contributed by atoms with E-state index in [1.165, 1.54) is 0 Å². The second kappa shape index (κ2) is 15.0. The number of amides is 2. The van der Waals surface area contributed by atoms with Gasteiger partial charge < -0.3 is 19.7 Å². The highest BCUT2D eigenvalue weighted by molar-refractivity contribution is 6.30. The lowest BCUT2D eigenvalue weighted by Crippen LogP contribution is -2.51. The third kappa shape index (κ3) is 9.42. The largest absolute Gasteiger partial charge is 0.497 e. The van der Waals surface area contributed by atoms with Crippen LogP contribution in [0.4, 0.5) is 0 Å². The van der Waals surface area contributed by atoms with E-state index in [1.807, 2.05) is 68.4 Å². The summed E-state index contributed by atoms with van der Waals surface area (Å²) in [6, 6.07) is 23.9. The number of methoxy groups -OCH3 is 1. The van der Waals surface area contributed by atoms with Crippen LogP contribution in [0, 0.1) is 5.92 Å². The highest BCUT2D eigenvalue weighted by Crippen LogP contribution is 2.20. The van der Waals surface area contributed by atoms with Crippen LogP contribution in [-0.2, 0) is 22.6 Å². The van der Waals surface area contributed by atoms with Gasteiger partial charge in [0.2, 0.25) is 11.8 Å². The van der Waals surface area contributed by atoms with Gasteiger partial charge in [-0.25, -0.2) is 0 Å². The molecule has 0 aliphatic heterocycles. The summed E-state index contributed by atoms with van der Waals surface area (Å²) in [5.74, 6) is 1.44. The van der Waals surface area contributed by atoms with Crippen molar-refractivity contribution >= 4 is 23.4 Å². The zero-order valence-corrected chi connectivity index (χ0v) is 23.1. The van der Waals surface area contributed by atoms with Crippen LogP contribution in [0.2, 0.25) is 5.02 Å². The van der Waals surface area contributed by atoms with Crippen molar-refractivity contribution in [3.63, 3.8) is 0 Å². The van der Waals surface area contributed by atoms with Gasteiger partial charge in [-0.05, 0) is 59.9 Å². The fourth-order valence-corrected chi connectivity index (χ4v) is 4.16. The second-order valence-electron chi connectivity index (χ2n) is 9.62. The standard InChI is InChI=1S/C31H37ClN2O4/c1-23(2)21-33-31(36)29(20-24-9-5-4-6-10-24)34(22-25-11-7-12-28(19-25)37-3)30(35)13-8-18-38-27-16-14-26(32)15-17-27/h4-7,9-12,14-17,19,23,29H,8,13,18,20-22H2,1-3H3,(H,33,36). The molecule has 1 unspecified atom stereocenters. The van der Waals surface area contributed by atoms with E-state index in [0.29, 0.717) is 55.0 Å². The third-order valence-electron chi connectivity index (χ3n) is 6.06. The van der Waals surface area contributed by atoms with E-state index in [9.17, 15) is 9.59 Å². The van der Waals surface area contributed by atoms with Gasteiger partial charge >= 0.3 is 0 Å². The molecule has 38 heavy (non-hydrogen) atoms. The fourth-order valence-electron chi connectivity index (χ4n) is 4.03. The Bertz CT molecular complexity index is 1150. The number of hydrogen-bond donors (Lipinski definition) is 1. The number of carbonyl (C=O) groups excluding carboxylic acids is 2. The van der Waals surface area contributed by atoms with Crippen LogP contribution in [0.1, 0.15) is 37.8 Å². The Balaban J connectivity index is 1.80. The minimum atomic E-state index is -0.660. The molecule has 0 heterocycles. The van der Waals surface area contributed by atoms with Crippen LogP contribution < -0.4 is 14.8 Å². The normalized spacial score (nSPS) is 11.6. The summed E-state index contributed by atoms with van der Waals surface area (Å²) in [6.07, 6.45) is 1.18. The van der Waals surface area contributed by atoms with Gasteiger partial charge in [0.05, 0.1) is 13.7 Å². The Morgan fingerprint density at radius 3 is 2.32 bits per heavy atom. The van der Waals surface area contributed by atoms with Crippen molar-refractivity contribution in [3.05, 3.63) is 95.0 Å². The summed E-state index contributed by atoms with van der Waals surface area (Å²) >= 11 is 5.94. The molecule has 0 aromatic heterocycles. The highest BCUT2D eigenvalue weighted by Gasteiger charge is 2.30. The number of hydrogen-bond acceptors (Lipinski definition) is 4. The first kappa shape index (κ1) is 29.1. The summed E-state index contributed by atoms with van der Waals surface area (Å²) in [6.45, 7) is 5.31. The molecule has 3 aromatic carbocycles. The first-order chi connectivity index (χ1) is 18.4. The van der Waals surface area contributed by atoms with Gasteiger partial charge in [-0.3, -0.25) is 9.59 Å². The number of carbonyl (C=O) groups is 2. The molecule has 0 radical (unpaired) electrons. The van der Waals surface area contributed by atoms with Crippen LogP contribution in [0.5, 0.6) is 11.5 Å². The molecule has 0 saturated heterocycles. The molecule has 0 bridgehead atoms. The van der Waals surface area contributed by atoms with Crippen LogP contribution in [-0.4, -0.2) is 43.0 Å². The number of nitrogens with one attached hydrogen (secondary N) is 1. The smallest absolute Gasteiger partial charge is 0.243 e. The lowest BCUT2D eigenvalue weighted by atomic mass is 10.0. The van der Waals surface area contributed by atoms with Crippen LogP contribution in [0.25, 0.3) is 0 Å². The average molecular weight is 537 g/mol. The van der Waals surface area contributed by atoms with Crippen LogP contribution in [0.3, 0.4) is 0 Å². The summed E-state index contributed by atoms with van der Waals surface area (Å²) in [7, 11) is 1.61. The van der Waals surface area contributed by atoms with Gasteiger partial charge in [-0.2, -0.15) is 0 Å². The molecular weight excluding hydrogens is 500 g/mol. The molecule has 0 fully saturated rings. The first-order valence-electron chi connectivity index (χ1n) is 13.0. The minimum absolute atomic E-state index is 0.104. The second-order valence-corrected chi connectivity index (χ2v) is 10.1. The Morgan fingerprint density at radius 1 is 0.921 bits per heavy atom. The molecule has 1 N–H and O–H groups in total. The maximum Gasteiger partial charge on any atom is 0.243 e. The number of rotatable bonds is 14.